The van der Waals surface area contributed by atoms with Crippen LogP contribution in [0, 0.1) is 6.92 Å². The van der Waals surface area contributed by atoms with Gasteiger partial charge in [-0.2, -0.15) is 10.1 Å². The summed E-state index contributed by atoms with van der Waals surface area (Å²) in [5, 5.41) is 8.05. The Balaban J connectivity index is 2.01. The second-order valence-corrected chi connectivity index (χ2v) is 4.40. The summed E-state index contributed by atoms with van der Waals surface area (Å²) in [7, 11) is 1.84. The lowest BCUT2D eigenvalue weighted by atomic mass is 10.1. The van der Waals surface area contributed by atoms with Gasteiger partial charge in [-0.05, 0) is 30.7 Å². The molecule has 0 atom stereocenters. The molecule has 0 bridgehead atoms. The van der Waals surface area contributed by atoms with E-state index in [0.717, 1.165) is 16.7 Å². The lowest BCUT2D eigenvalue weighted by Crippen LogP contribution is -1.88. The zero-order valence-electron chi connectivity index (χ0n) is 10.7. The second kappa shape index (κ2) is 4.24. The van der Waals surface area contributed by atoms with Crippen LogP contribution in [0.1, 0.15) is 5.56 Å². The molecule has 0 aliphatic carbocycles. The summed E-state index contributed by atoms with van der Waals surface area (Å²) in [5.74, 6) is 1.01. The summed E-state index contributed by atoms with van der Waals surface area (Å²) in [6.45, 7) is 1.96. The minimum Gasteiger partial charge on any atom is -0.399 e. The average Bonchev–Trinajstić information content (AvgIpc) is 2.97. The van der Waals surface area contributed by atoms with E-state index >= 15 is 0 Å². The van der Waals surface area contributed by atoms with Gasteiger partial charge in [0.25, 0.3) is 5.89 Å². The fourth-order valence-electron chi connectivity index (χ4n) is 1.91. The highest BCUT2D eigenvalue weighted by Gasteiger charge is 2.13. The van der Waals surface area contributed by atoms with Gasteiger partial charge in [0.1, 0.15) is 0 Å². The average molecular weight is 255 g/mol. The van der Waals surface area contributed by atoms with Crippen molar-refractivity contribution in [2.24, 2.45) is 7.05 Å². The molecule has 0 saturated carbocycles. The van der Waals surface area contributed by atoms with Gasteiger partial charge in [0.05, 0.1) is 11.8 Å². The molecule has 0 aliphatic rings. The van der Waals surface area contributed by atoms with Crippen molar-refractivity contribution in [1.82, 2.24) is 19.9 Å². The lowest BCUT2D eigenvalue weighted by Gasteiger charge is -2.00. The van der Waals surface area contributed by atoms with Crippen LogP contribution in [0.25, 0.3) is 22.8 Å². The van der Waals surface area contributed by atoms with Crippen molar-refractivity contribution in [3.63, 3.8) is 0 Å². The van der Waals surface area contributed by atoms with Gasteiger partial charge >= 0.3 is 0 Å². The molecule has 0 amide bonds. The normalized spacial score (nSPS) is 10.8. The number of rotatable bonds is 2. The summed E-state index contributed by atoms with van der Waals surface area (Å²) in [6, 6.07) is 5.57. The Morgan fingerprint density at radius 2 is 2.16 bits per heavy atom. The van der Waals surface area contributed by atoms with E-state index in [9.17, 15) is 0 Å². The Morgan fingerprint density at radius 1 is 1.32 bits per heavy atom. The number of nitrogens with zero attached hydrogens (tertiary/aromatic N) is 4. The molecule has 19 heavy (non-hydrogen) atoms. The molecule has 0 unspecified atom stereocenters. The minimum absolute atomic E-state index is 0.483. The summed E-state index contributed by atoms with van der Waals surface area (Å²) in [4.78, 5) is 4.38. The van der Waals surface area contributed by atoms with Crippen LogP contribution < -0.4 is 5.73 Å². The minimum atomic E-state index is 0.483. The maximum atomic E-state index is 5.73. The van der Waals surface area contributed by atoms with E-state index in [1.165, 1.54) is 0 Å². The van der Waals surface area contributed by atoms with Gasteiger partial charge in [-0.3, -0.25) is 4.68 Å². The zero-order valence-corrected chi connectivity index (χ0v) is 10.7. The van der Waals surface area contributed by atoms with Crippen LogP contribution in [0.15, 0.2) is 35.1 Å². The first-order valence-electron chi connectivity index (χ1n) is 5.83. The van der Waals surface area contributed by atoms with E-state index in [0.29, 0.717) is 17.4 Å². The number of aryl methyl sites for hydroxylation is 2. The predicted octanol–water partition coefficient (Wildman–Crippen LogP) is 2.03. The third-order valence-corrected chi connectivity index (χ3v) is 2.87. The smallest absolute Gasteiger partial charge is 0.258 e. The molecular weight excluding hydrogens is 242 g/mol. The standard InChI is InChI=1S/C13H13N5O/c1-8-5-10(14)3-4-11(8)13-16-12(17-19-13)9-6-15-18(2)7-9/h3-7H,14H2,1-2H3. The van der Waals surface area contributed by atoms with Gasteiger partial charge in [-0.15, -0.1) is 0 Å². The van der Waals surface area contributed by atoms with Crippen LogP contribution in [0.4, 0.5) is 5.69 Å². The number of nitrogens with two attached hydrogens (primary N) is 1. The van der Waals surface area contributed by atoms with Crippen molar-refractivity contribution in [3.05, 3.63) is 36.2 Å². The summed E-state index contributed by atoms with van der Waals surface area (Å²) < 4.78 is 6.99. The van der Waals surface area contributed by atoms with Crippen molar-refractivity contribution in [2.45, 2.75) is 6.92 Å². The number of anilines is 1. The Kier molecular flexibility index (Phi) is 2.56. The topological polar surface area (TPSA) is 82.8 Å². The van der Waals surface area contributed by atoms with Crippen molar-refractivity contribution < 1.29 is 4.52 Å². The van der Waals surface area contributed by atoms with Crippen LogP contribution in [0.5, 0.6) is 0 Å². The first kappa shape index (κ1) is 11.5. The van der Waals surface area contributed by atoms with Crippen LogP contribution in [-0.4, -0.2) is 19.9 Å². The summed E-state index contributed by atoms with van der Waals surface area (Å²) in [5.41, 5.74) is 9.15. The summed E-state index contributed by atoms with van der Waals surface area (Å²) in [6.07, 6.45) is 3.54. The quantitative estimate of drug-likeness (QED) is 0.708. The van der Waals surface area contributed by atoms with E-state index < -0.39 is 0 Å². The van der Waals surface area contributed by atoms with Gasteiger partial charge < -0.3 is 10.3 Å². The Morgan fingerprint density at radius 3 is 2.84 bits per heavy atom. The first-order chi connectivity index (χ1) is 9.13. The van der Waals surface area contributed by atoms with Crippen molar-refractivity contribution in [3.8, 4) is 22.8 Å². The number of benzene rings is 1. The molecule has 3 rings (SSSR count). The maximum absolute atomic E-state index is 5.73. The molecule has 6 nitrogen and oxygen atoms in total. The van der Waals surface area contributed by atoms with Crippen LogP contribution in [0.3, 0.4) is 0 Å². The fourth-order valence-corrected chi connectivity index (χ4v) is 1.91. The third-order valence-electron chi connectivity index (χ3n) is 2.87. The molecule has 0 aliphatic heterocycles. The van der Waals surface area contributed by atoms with Crippen LogP contribution in [0.2, 0.25) is 0 Å². The van der Waals surface area contributed by atoms with Crippen LogP contribution >= 0.6 is 0 Å². The molecule has 0 spiro atoms. The Hall–Kier alpha value is -2.63. The molecule has 3 aromatic rings. The van der Waals surface area contributed by atoms with Crippen LogP contribution in [-0.2, 0) is 7.05 Å². The molecule has 0 saturated heterocycles. The van der Waals surface area contributed by atoms with Crippen molar-refractivity contribution in [1.29, 1.82) is 0 Å². The van der Waals surface area contributed by atoms with E-state index in [2.05, 4.69) is 15.2 Å². The highest BCUT2D eigenvalue weighted by atomic mass is 16.5. The largest absolute Gasteiger partial charge is 0.399 e. The Labute approximate surface area is 109 Å². The number of nitrogen functional groups attached to an aromatic ring is 1. The van der Waals surface area contributed by atoms with Crippen molar-refractivity contribution >= 4 is 5.69 Å². The number of hydrogen-bond acceptors (Lipinski definition) is 5. The van der Waals surface area contributed by atoms with Gasteiger partial charge in [0.2, 0.25) is 5.82 Å². The highest BCUT2D eigenvalue weighted by molar-refractivity contribution is 5.64. The highest BCUT2D eigenvalue weighted by Crippen LogP contribution is 2.25. The van der Waals surface area contributed by atoms with Gasteiger partial charge in [0.15, 0.2) is 0 Å². The fraction of sp³-hybridized carbons (Fsp3) is 0.154. The maximum Gasteiger partial charge on any atom is 0.258 e. The summed E-state index contributed by atoms with van der Waals surface area (Å²) >= 11 is 0. The third kappa shape index (κ3) is 2.08. The number of aromatic nitrogens is 4. The monoisotopic (exact) mass is 255 g/mol. The molecule has 2 N–H and O–H groups in total. The van der Waals surface area contributed by atoms with E-state index in [4.69, 9.17) is 10.3 Å². The van der Waals surface area contributed by atoms with Gasteiger partial charge in [-0.1, -0.05) is 5.16 Å². The second-order valence-electron chi connectivity index (χ2n) is 4.40. The lowest BCUT2D eigenvalue weighted by molar-refractivity contribution is 0.432. The first-order valence-corrected chi connectivity index (χ1v) is 5.83. The van der Waals surface area contributed by atoms with Gasteiger partial charge in [-0.25, -0.2) is 0 Å². The Bertz CT molecular complexity index is 728. The molecule has 2 heterocycles. The van der Waals surface area contributed by atoms with E-state index in [1.807, 2.05) is 38.4 Å². The molecule has 0 radical (unpaired) electrons. The molecular formula is C13H13N5O. The zero-order chi connectivity index (χ0) is 13.4. The molecule has 0 fully saturated rings. The molecule has 96 valence electrons. The van der Waals surface area contributed by atoms with Gasteiger partial charge in [0, 0.05) is 24.5 Å². The van der Waals surface area contributed by atoms with E-state index in [-0.39, 0.29) is 0 Å². The molecule has 2 aromatic heterocycles. The number of hydrogen-bond donors (Lipinski definition) is 1. The molecule has 1 aromatic carbocycles. The van der Waals surface area contributed by atoms with Crippen molar-refractivity contribution in [2.75, 3.05) is 5.73 Å². The predicted molar refractivity (Wildman–Crippen MR) is 71.1 cm³/mol. The molecule has 6 heteroatoms. The van der Waals surface area contributed by atoms with E-state index in [1.54, 1.807) is 10.9 Å². The SMILES string of the molecule is Cc1cc(N)ccc1-c1nc(-c2cnn(C)c2)no1.